The Bertz CT molecular complexity index is 1260. The van der Waals surface area contributed by atoms with Crippen molar-refractivity contribution in [1.82, 2.24) is 4.57 Å². The van der Waals surface area contributed by atoms with Crippen LogP contribution in [0, 0.1) is 0 Å². The molecule has 4 aromatic rings. The minimum Gasteiger partial charge on any atom is -0.497 e. The third-order valence-corrected chi connectivity index (χ3v) is 6.54. The molecule has 0 bridgehead atoms. The van der Waals surface area contributed by atoms with Crippen LogP contribution in [0.4, 0.5) is 0 Å². The standard InChI is InChI=1S/C31H37N2O2/c1-7-27(29-22-32(20-21-33(2,3)4)30-11-9-8-10-28(29)30)31(23-12-16-25(34-5)17-13-23)24-14-18-26(35-6)19-15-24/h8-19,22H,7,20-21H2,1-6H3/q+1. The van der Waals surface area contributed by atoms with Gasteiger partial charge < -0.3 is 18.5 Å². The molecule has 0 amide bonds. The molecule has 1 aromatic heterocycles. The Morgan fingerprint density at radius 3 is 1.80 bits per heavy atom. The average Bonchev–Trinajstić information content (AvgIpc) is 3.24. The van der Waals surface area contributed by atoms with Crippen molar-refractivity contribution in [3.8, 4) is 11.5 Å². The maximum absolute atomic E-state index is 5.43. The van der Waals surface area contributed by atoms with Gasteiger partial charge in [0.2, 0.25) is 0 Å². The van der Waals surface area contributed by atoms with E-state index in [-0.39, 0.29) is 0 Å². The first-order valence-electron chi connectivity index (χ1n) is 12.3. The van der Waals surface area contributed by atoms with Crippen LogP contribution in [0.25, 0.3) is 22.0 Å². The summed E-state index contributed by atoms with van der Waals surface area (Å²) in [6.07, 6.45) is 3.27. The maximum Gasteiger partial charge on any atom is 0.118 e. The summed E-state index contributed by atoms with van der Waals surface area (Å²) < 4.78 is 14.2. The van der Waals surface area contributed by atoms with Crippen LogP contribution >= 0.6 is 0 Å². The van der Waals surface area contributed by atoms with Crippen molar-refractivity contribution in [3.63, 3.8) is 0 Å². The molecular formula is C31H37N2O2+. The molecule has 0 fully saturated rings. The van der Waals surface area contributed by atoms with E-state index < -0.39 is 0 Å². The molecule has 0 N–H and O–H groups in total. The number of likely N-dealkylation sites (N-methyl/N-ethyl adjacent to an activating group) is 1. The van der Waals surface area contributed by atoms with Gasteiger partial charge in [0.05, 0.1) is 48.5 Å². The van der Waals surface area contributed by atoms with Crippen LogP contribution in [0.1, 0.15) is 30.0 Å². The first-order chi connectivity index (χ1) is 16.8. The van der Waals surface area contributed by atoms with Gasteiger partial charge in [0.25, 0.3) is 0 Å². The second-order valence-electron chi connectivity index (χ2n) is 9.93. The largest absolute Gasteiger partial charge is 0.497 e. The lowest BCUT2D eigenvalue weighted by Gasteiger charge is -2.24. The van der Waals surface area contributed by atoms with Crippen molar-refractivity contribution in [3.05, 3.63) is 95.7 Å². The molecule has 0 saturated heterocycles. The molecule has 0 atom stereocenters. The highest BCUT2D eigenvalue weighted by Gasteiger charge is 2.19. The highest BCUT2D eigenvalue weighted by molar-refractivity contribution is 6.05. The van der Waals surface area contributed by atoms with E-state index in [1.165, 1.54) is 38.7 Å². The molecule has 4 nitrogen and oxygen atoms in total. The highest BCUT2D eigenvalue weighted by Crippen LogP contribution is 2.39. The molecular weight excluding hydrogens is 432 g/mol. The first-order valence-corrected chi connectivity index (χ1v) is 12.3. The van der Waals surface area contributed by atoms with Crippen molar-refractivity contribution in [2.75, 3.05) is 41.9 Å². The number of rotatable bonds is 9. The van der Waals surface area contributed by atoms with Crippen molar-refractivity contribution in [2.45, 2.75) is 19.9 Å². The summed E-state index contributed by atoms with van der Waals surface area (Å²) in [7, 11) is 10.1. The summed E-state index contributed by atoms with van der Waals surface area (Å²) in [6, 6.07) is 25.6. The van der Waals surface area contributed by atoms with E-state index in [1.54, 1.807) is 14.2 Å². The Balaban J connectivity index is 1.95. The SMILES string of the molecule is CCC(=C(c1ccc(OC)cc1)c1ccc(OC)cc1)c1cn(CC[N+](C)(C)C)c2ccccc12. The van der Waals surface area contributed by atoms with E-state index in [1.807, 2.05) is 24.3 Å². The number of allylic oxidation sites excluding steroid dienone is 1. The number of methoxy groups -OCH3 is 2. The number of quaternary nitrogens is 1. The van der Waals surface area contributed by atoms with Crippen molar-refractivity contribution < 1.29 is 14.0 Å². The van der Waals surface area contributed by atoms with Gasteiger partial charge in [-0.05, 0) is 59.0 Å². The third kappa shape index (κ3) is 5.44. The van der Waals surface area contributed by atoms with Crippen molar-refractivity contribution in [2.24, 2.45) is 0 Å². The minimum atomic E-state index is 0.859. The third-order valence-electron chi connectivity index (χ3n) is 6.54. The fraction of sp³-hybridized carbons (Fsp3) is 0.290. The fourth-order valence-electron chi connectivity index (χ4n) is 4.61. The van der Waals surface area contributed by atoms with E-state index in [9.17, 15) is 0 Å². The number of ether oxygens (including phenoxy) is 2. The van der Waals surface area contributed by atoms with E-state index in [4.69, 9.17) is 9.47 Å². The molecule has 0 spiro atoms. The van der Waals surface area contributed by atoms with Gasteiger partial charge in [-0.3, -0.25) is 0 Å². The van der Waals surface area contributed by atoms with Gasteiger partial charge in [-0.1, -0.05) is 49.4 Å². The van der Waals surface area contributed by atoms with Gasteiger partial charge in [0, 0.05) is 22.7 Å². The van der Waals surface area contributed by atoms with Crippen LogP contribution in [-0.4, -0.2) is 51.0 Å². The number of para-hydroxylation sites is 1. The predicted molar refractivity (Wildman–Crippen MR) is 147 cm³/mol. The molecule has 0 radical (unpaired) electrons. The lowest BCUT2D eigenvalue weighted by Crippen LogP contribution is -2.37. The average molecular weight is 470 g/mol. The molecule has 0 aliphatic heterocycles. The molecule has 3 aromatic carbocycles. The van der Waals surface area contributed by atoms with Crippen LogP contribution in [0.5, 0.6) is 11.5 Å². The molecule has 4 rings (SSSR count). The van der Waals surface area contributed by atoms with Crippen LogP contribution in [-0.2, 0) is 6.54 Å². The molecule has 0 unspecified atom stereocenters. The molecule has 0 saturated carbocycles. The first kappa shape index (κ1) is 24.6. The summed E-state index contributed by atoms with van der Waals surface area (Å²) >= 11 is 0. The summed E-state index contributed by atoms with van der Waals surface area (Å²) in [5, 5.41) is 1.30. The number of hydrogen-bond donors (Lipinski definition) is 0. The van der Waals surface area contributed by atoms with Crippen molar-refractivity contribution in [1.29, 1.82) is 0 Å². The molecule has 1 heterocycles. The second-order valence-corrected chi connectivity index (χ2v) is 9.93. The summed E-state index contributed by atoms with van der Waals surface area (Å²) in [5.74, 6) is 1.72. The molecule has 0 aliphatic carbocycles. The van der Waals surface area contributed by atoms with Gasteiger partial charge >= 0.3 is 0 Å². The zero-order valence-electron chi connectivity index (χ0n) is 21.8. The zero-order valence-corrected chi connectivity index (χ0v) is 21.8. The van der Waals surface area contributed by atoms with E-state index in [2.05, 4.69) is 87.4 Å². The van der Waals surface area contributed by atoms with Gasteiger partial charge in [0.1, 0.15) is 11.5 Å². The lowest BCUT2D eigenvalue weighted by atomic mass is 9.88. The predicted octanol–water partition coefficient (Wildman–Crippen LogP) is 6.73. The Morgan fingerprint density at radius 1 is 0.771 bits per heavy atom. The topological polar surface area (TPSA) is 23.4 Å². The van der Waals surface area contributed by atoms with Gasteiger partial charge in [-0.15, -0.1) is 0 Å². The Hall–Kier alpha value is -3.50. The summed E-state index contributed by atoms with van der Waals surface area (Å²) in [4.78, 5) is 0. The smallest absolute Gasteiger partial charge is 0.118 e. The minimum absolute atomic E-state index is 0.859. The number of nitrogens with zero attached hydrogens (tertiary/aromatic N) is 2. The number of aromatic nitrogens is 1. The second kappa shape index (κ2) is 10.4. The molecule has 0 aliphatic rings. The monoisotopic (exact) mass is 469 g/mol. The number of fused-ring (bicyclic) bond motifs is 1. The molecule has 182 valence electrons. The van der Waals surface area contributed by atoms with Crippen LogP contribution in [0.3, 0.4) is 0 Å². The Labute approximate surface area is 209 Å². The van der Waals surface area contributed by atoms with E-state index in [0.717, 1.165) is 35.5 Å². The maximum atomic E-state index is 5.43. The number of benzene rings is 3. The van der Waals surface area contributed by atoms with Gasteiger partial charge in [-0.2, -0.15) is 0 Å². The van der Waals surface area contributed by atoms with E-state index in [0.29, 0.717) is 0 Å². The Kier molecular flexibility index (Phi) is 7.32. The van der Waals surface area contributed by atoms with Crippen LogP contribution in [0.2, 0.25) is 0 Å². The number of hydrogen-bond acceptors (Lipinski definition) is 2. The van der Waals surface area contributed by atoms with Gasteiger partial charge in [-0.25, -0.2) is 0 Å². The summed E-state index contributed by atoms with van der Waals surface area (Å²) in [6.45, 7) is 4.29. The van der Waals surface area contributed by atoms with Crippen LogP contribution < -0.4 is 9.47 Å². The molecule has 4 heteroatoms. The Morgan fingerprint density at radius 2 is 1.31 bits per heavy atom. The van der Waals surface area contributed by atoms with Crippen LogP contribution in [0.15, 0.2) is 79.0 Å². The fourth-order valence-corrected chi connectivity index (χ4v) is 4.61. The zero-order chi connectivity index (χ0) is 25.0. The van der Waals surface area contributed by atoms with Crippen molar-refractivity contribution >= 4 is 22.0 Å². The summed E-state index contributed by atoms with van der Waals surface area (Å²) in [5.41, 5.74) is 7.51. The lowest BCUT2D eigenvalue weighted by molar-refractivity contribution is -0.870. The molecule has 35 heavy (non-hydrogen) atoms. The van der Waals surface area contributed by atoms with E-state index >= 15 is 0 Å². The normalized spacial score (nSPS) is 11.5. The quantitative estimate of drug-likeness (QED) is 0.254. The van der Waals surface area contributed by atoms with Gasteiger partial charge in [0.15, 0.2) is 0 Å². The highest BCUT2D eigenvalue weighted by atomic mass is 16.5.